The molecule has 3 N–H and O–H groups in total. The van der Waals surface area contributed by atoms with Crippen LogP contribution in [0.2, 0.25) is 0 Å². The third-order valence-electron chi connectivity index (χ3n) is 2.90. The van der Waals surface area contributed by atoms with E-state index in [1.165, 1.54) is 4.57 Å². The number of rotatable bonds is 4. The van der Waals surface area contributed by atoms with Gasteiger partial charge in [-0.1, -0.05) is 19.1 Å². The third kappa shape index (κ3) is 3.00. The molecular weight excluding hydrogens is 276 g/mol. The molecule has 0 amide bonds. The Bertz CT molecular complexity index is 763. The van der Waals surface area contributed by atoms with Crippen LogP contribution in [0.4, 0.5) is 0 Å². The van der Waals surface area contributed by atoms with Gasteiger partial charge in [0.1, 0.15) is 4.99 Å². The number of hydrogen-bond acceptors (Lipinski definition) is 4. The first-order valence-corrected chi connectivity index (χ1v) is 6.49. The first-order valence-electron chi connectivity index (χ1n) is 6.08. The number of aromatic amines is 1. The van der Waals surface area contributed by atoms with Gasteiger partial charge in [-0.25, -0.2) is 4.79 Å². The highest BCUT2D eigenvalue weighted by Gasteiger charge is 2.05. The molecule has 2 rings (SSSR count). The maximum Gasteiger partial charge on any atom is 0.328 e. The van der Waals surface area contributed by atoms with Crippen molar-refractivity contribution >= 4 is 17.2 Å². The minimum atomic E-state index is -0.444. The number of thiocarbonyl (C=S) groups is 1. The van der Waals surface area contributed by atoms with E-state index in [0.717, 1.165) is 5.56 Å². The molecule has 20 heavy (non-hydrogen) atoms. The van der Waals surface area contributed by atoms with Gasteiger partial charge in [-0.15, -0.1) is 0 Å². The second-order valence-corrected chi connectivity index (χ2v) is 4.75. The standard InChI is InChI=1S/C13H14N4O2S/c1-2-9-7-17(13(19)16-12(9)18)6-8-3-4-15-10(5-8)11(14)20/h3-5,7H,2,6H2,1H3,(H2,14,20)(H,16,18,19). The van der Waals surface area contributed by atoms with Crippen LogP contribution in [0, 0.1) is 0 Å². The molecule has 0 aliphatic rings. The lowest BCUT2D eigenvalue weighted by Gasteiger charge is -2.07. The molecular formula is C13H14N4O2S. The molecule has 7 heteroatoms. The predicted octanol–water partition coefficient (Wildman–Crippen LogP) is 0.177. The van der Waals surface area contributed by atoms with E-state index in [0.29, 0.717) is 24.2 Å². The summed E-state index contributed by atoms with van der Waals surface area (Å²) in [5.41, 5.74) is 6.64. The first-order chi connectivity index (χ1) is 9.51. The van der Waals surface area contributed by atoms with Gasteiger partial charge in [-0.3, -0.25) is 19.3 Å². The van der Waals surface area contributed by atoms with Gasteiger partial charge in [0.15, 0.2) is 0 Å². The van der Waals surface area contributed by atoms with Gasteiger partial charge < -0.3 is 5.73 Å². The Morgan fingerprint density at radius 2 is 2.25 bits per heavy atom. The van der Waals surface area contributed by atoms with Gasteiger partial charge in [-0.05, 0) is 24.1 Å². The Morgan fingerprint density at radius 1 is 1.50 bits per heavy atom. The van der Waals surface area contributed by atoms with Crippen LogP contribution in [0.25, 0.3) is 0 Å². The number of hydrogen-bond donors (Lipinski definition) is 2. The Balaban J connectivity index is 2.39. The Labute approximate surface area is 120 Å². The van der Waals surface area contributed by atoms with Gasteiger partial charge >= 0.3 is 5.69 Å². The van der Waals surface area contributed by atoms with E-state index in [-0.39, 0.29) is 10.5 Å². The van der Waals surface area contributed by atoms with Crippen LogP contribution >= 0.6 is 12.2 Å². The van der Waals surface area contributed by atoms with Gasteiger partial charge in [0, 0.05) is 18.0 Å². The van der Waals surface area contributed by atoms with Crippen LogP contribution in [0.1, 0.15) is 23.7 Å². The van der Waals surface area contributed by atoms with E-state index in [4.69, 9.17) is 18.0 Å². The molecule has 0 bridgehead atoms. The maximum absolute atomic E-state index is 11.8. The number of pyridine rings is 1. The van der Waals surface area contributed by atoms with Crippen molar-refractivity contribution in [2.24, 2.45) is 5.73 Å². The van der Waals surface area contributed by atoms with Crippen LogP contribution in [0.5, 0.6) is 0 Å². The fourth-order valence-corrected chi connectivity index (χ4v) is 1.94. The molecule has 0 spiro atoms. The van der Waals surface area contributed by atoms with Crippen molar-refractivity contribution < 1.29 is 0 Å². The van der Waals surface area contributed by atoms with Crippen molar-refractivity contribution in [3.05, 3.63) is 62.2 Å². The van der Waals surface area contributed by atoms with E-state index >= 15 is 0 Å². The molecule has 0 saturated heterocycles. The summed E-state index contributed by atoms with van der Waals surface area (Å²) < 4.78 is 1.44. The summed E-state index contributed by atoms with van der Waals surface area (Å²) in [6.45, 7) is 2.18. The van der Waals surface area contributed by atoms with Gasteiger partial charge in [0.05, 0.1) is 12.2 Å². The fraction of sp³-hybridized carbons (Fsp3) is 0.231. The minimum Gasteiger partial charge on any atom is -0.388 e. The highest BCUT2D eigenvalue weighted by atomic mass is 32.1. The molecule has 0 atom stereocenters. The zero-order valence-electron chi connectivity index (χ0n) is 10.9. The molecule has 0 fully saturated rings. The summed E-state index contributed by atoms with van der Waals surface area (Å²) in [5.74, 6) is 0. The lowest BCUT2D eigenvalue weighted by molar-refractivity contribution is 0.707. The van der Waals surface area contributed by atoms with Gasteiger partial charge in [-0.2, -0.15) is 0 Å². The fourth-order valence-electron chi connectivity index (χ4n) is 1.83. The molecule has 0 unspecified atom stereocenters. The lowest BCUT2D eigenvalue weighted by Crippen LogP contribution is -2.31. The topological polar surface area (TPSA) is 93.8 Å². The number of aromatic nitrogens is 3. The van der Waals surface area contributed by atoms with Crippen molar-refractivity contribution in [1.29, 1.82) is 0 Å². The van der Waals surface area contributed by atoms with Gasteiger partial charge in [0.25, 0.3) is 5.56 Å². The third-order valence-corrected chi connectivity index (χ3v) is 3.10. The summed E-state index contributed by atoms with van der Waals surface area (Å²) in [7, 11) is 0. The van der Waals surface area contributed by atoms with Crippen LogP contribution in [0.15, 0.2) is 34.1 Å². The van der Waals surface area contributed by atoms with E-state index in [2.05, 4.69) is 9.97 Å². The van der Waals surface area contributed by atoms with Gasteiger partial charge in [0.2, 0.25) is 0 Å². The SMILES string of the molecule is CCc1cn(Cc2ccnc(C(N)=S)c2)c(=O)[nH]c1=O. The molecule has 104 valence electrons. The largest absolute Gasteiger partial charge is 0.388 e. The zero-order valence-corrected chi connectivity index (χ0v) is 11.7. The van der Waals surface area contributed by atoms with E-state index in [1.54, 1.807) is 24.5 Å². The molecule has 6 nitrogen and oxygen atoms in total. The first kappa shape index (κ1) is 14.1. The number of H-pyrrole nitrogens is 1. The smallest absolute Gasteiger partial charge is 0.328 e. The molecule has 0 aliphatic heterocycles. The van der Waals surface area contributed by atoms with Crippen molar-refractivity contribution in [1.82, 2.24) is 14.5 Å². The second-order valence-electron chi connectivity index (χ2n) is 4.31. The van der Waals surface area contributed by atoms with E-state index in [1.807, 2.05) is 6.92 Å². The zero-order chi connectivity index (χ0) is 14.7. The Hall–Kier alpha value is -2.28. The van der Waals surface area contributed by atoms with E-state index in [9.17, 15) is 9.59 Å². The molecule has 2 aromatic heterocycles. The van der Waals surface area contributed by atoms with Crippen molar-refractivity contribution in [2.45, 2.75) is 19.9 Å². The van der Waals surface area contributed by atoms with E-state index < -0.39 is 5.69 Å². The van der Waals surface area contributed by atoms with Crippen molar-refractivity contribution in [3.8, 4) is 0 Å². The van der Waals surface area contributed by atoms with Crippen LogP contribution in [0.3, 0.4) is 0 Å². The summed E-state index contributed by atoms with van der Waals surface area (Å²) in [6, 6.07) is 3.50. The summed E-state index contributed by atoms with van der Waals surface area (Å²) in [5, 5.41) is 0. The second kappa shape index (κ2) is 5.79. The predicted molar refractivity (Wildman–Crippen MR) is 79.9 cm³/mol. The maximum atomic E-state index is 11.8. The lowest BCUT2D eigenvalue weighted by atomic mass is 10.2. The molecule has 0 aromatic carbocycles. The van der Waals surface area contributed by atoms with Crippen LogP contribution < -0.4 is 17.0 Å². The quantitative estimate of drug-likeness (QED) is 0.783. The summed E-state index contributed by atoms with van der Waals surface area (Å²) in [4.78, 5) is 29.8. The normalized spacial score (nSPS) is 10.4. The molecule has 2 aromatic rings. The van der Waals surface area contributed by atoms with Crippen molar-refractivity contribution in [3.63, 3.8) is 0 Å². The number of aryl methyl sites for hydroxylation is 1. The Kier molecular flexibility index (Phi) is 4.09. The summed E-state index contributed by atoms with van der Waals surface area (Å²) in [6.07, 6.45) is 3.72. The molecule has 2 heterocycles. The number of nitrogens with zero attached hydrogens (tertiary/aromatic N) is 2. The monoisotopic (exact) mass is 290 g/mol. The average Bonchev–Trinajstić information content (AvgIpc) is 2.42. The van der Waals surface area contributed by atoms with Crippen molar-refractivity contribution in [2.75, 3.05) is 0 Å². The average molecular weight is 290 g/mol. The molecule has 0 saturated carbocycles. The van der Waals surface area contributed by atoms with Crippen LogP contribution in [-0.4, -0.2) is 19.5 Å². The number of nitrogens with one attached hydrogen (secondary N) is 1. The van der Waals surface area contributed by atoms with Crippen LogP contribution in [-0.2, 0) is 13.0 Å². The Morgan fingerprint density at radius 3 is 2.90 bits per heavy atom. The molecule has 0 radical (unpaired) electrons. The summed E-state index contributed by atoms with van der Waals surface area (Å²) >= 11 is 4.87. The minimum absolute atomic E-state index is 0.204. The highest BCUT2D eigenvalue weighted by molar-refractivity contribution is 7.80. The number of nitrogens with two attached hydrogens (primary N) is 1. The molecule has 0 aliphatic carbocycles. The highest BCUT2D eigenvalue weighted by Crippen LogP contribution is 2.04.